The number of nitrogens with two attached hydrogens (primary N) is 1. The van der Waals surface area contributed by atoms with E-state index in [9.17, 15) is 4.79 Å². The molecule has 0 radical (unpaired) electrons. The lowest BCUT2D eigenvalue weighted by Crippen LogP contribution is -2.36. The van der Waals surface area contributed by atoms with Crippen LogP contribution in [0.1, 0.15) is 25.7 Å². The quantitative estimate of drug-likeness (QED) is 0.590. The number of rotatable bonds is 3. The van der Waals surface area contributed by atoms with Crippen molar-refractivity contribution in [3.63, 3.8) is 0 Å². The molecule has 0 rings (SSSR count). The molecule has 0 heterocycles. The van der Waals surface area contributed by atoms with Crippen LogP contribution < -0.4 is 5.73 Å². The smallest absolute Gasteiger partial charge is 0.320 e. The second kappa shape index (κ2) is 3.45. The molecule has 0 aliphatic carbocycles. The van der Waals surface area contributed by atoms with Gasteiger partial charge in [-0.1, -0.05) is 20.2 Å². The van der Waals surface area contributed by atoms with E-state index in [0.717, 1.165) is 0 Å². The van der Waals surface area contributed by atoms with Crippen molar-refractivity contribution in [2.24, 2.45) is 11.7 Å². The third-order valence-corrected chi connectivity index (χ3v) is 1.11. The van der Waals surface area contributed by atoms with Crippen LogP contribution in [0, 0.1) is 5.92 Å². The lowest BCUT2D eigenvalue weighted by Gasteiger charge is -2.11. The predicted octanol–water partition coefficient (Wildman–Crippen LogP) is 0.444. The largest absolute Gasteiger partial charge is 0.480 e. The van der Waals surface area contributed by atoms with Crippen molar-refractivity contribution < 1.29 is 15.4 Å². The minimum atomic E-state index is -2.48. The summed E-state index contributed by atoms with van der Waals surface area (Å²) in [7, 11) is 0. The van der Waals surface area contributed by atoms with Crippen LogP contribution in [0.5, 0.6) is 0 Å². The van der Waals surface area contributed by atoms with E-state index in [1.54, 1.807) is 0 Å². The maximum Gasteiger partial charge on any atom is 0.320 e. The summed E-state index contributed by atoms with van der Waals surface area (Å²) in [4.78, 5) is 10.4. The number of carboxylic acid groups (broad SMARTS) is 1. The van der Waals surface area contributed by atoms with E-state index < -0.39 is 31.2 Å². The predicted molar refractivity (Wildman–Crippen MR) is 35.1 cm³/mol. The molecule has 0 aromatic heterocycles. The molecule has 3 N–H and O–H groups in total. The van der Waals surface area contributed by atoms with Gasteiger partial charge in [0.25, 0.3) is 0 Å². The molecule has 3 atom stereocenters. The van der Waals surface area contributed by atoms with E-state index in [1.165, 1.54) is 6.92 Å². The molecule has 0 aromatic carbocycles. The van der Waals surface area contributed by atoms with Crippen molar-refractivity contribution in [1.29, 1.82) is 0 Å². The molecule has 3 heteroatoms. The molecule has 0 aromatic rings. The van der Waals surface area contributed by atoms with E-state index in [-0.39, 0.29) is 0 Å². The van der Waals surface area contributed by atoms with Gasteiger partial charge in [0.1, 0.15) is 6.04 Å². The Labute approximate surface area is 60.5 Å². The summed E-state index contributed by atoms with van der Waals surface area (Å²) in [6.45, 7) is -1.13. The summed E-state index contributed by atoms with van der Waals surface area (Å²) in [5, 5.41) is 8.48. The Morgan fingerprint density at radius 1 is 2.11 bits per heavy atom. The van der Waals surface area contributed by atoms with Gasteiger partial charge in [-0.3, -0.25) is 4.79 Å². The highest BCUT2D eigenvalue weighted by atomic mass is 16.4. The Morgan fingerprint density at radius 2 is 2.67 bits per heavy atom. The first-order valence-electron chi connectivity index (χ1n) is 4.66. The zero-order valence-electron chi connectivity index (χ0n) is 9.16. The first-order chi connectivity index (χ1) is 5.68. The van der Waals surface area contributed by atoms with Crippen molar-refractivity contribution >= 4 is 5.97 Å². The topological polar surface area (TPSA) is 63.3 Å². The molecular weight excluding hydrogens is 118 g/mol. The molecular formula is C6H13NO2. The first-order valence-corrected chi connectivity index (χ1v) is 2.58. The van der Waals surface area contributed by atoms with Crippen LogP contribution in [0.25, 0.3) is 0 Å². The molecule has 1 unspecified atom stereocenters. The van der Waals surface area contributed by atoms with Crippen LogP contribution in [0.4, 0.5) is 0 Å². The fourth-order valence-corrected chi connectivity index (χ4v) is 0.329. The highest BCUT2D eigenvalue weighted by Gasteiger charge is 2.17. The summed E-state index contributed by atoms with van der Waals surface area (Å²) in [5.74, 6) is -2.18. The van der Waals surface area contributed by atoms with Gasteiger partial charge < -0.3 is 10.8 Å². The standard InChI is InChI=1S/C6H13NO2/c1-3-4(2)5(7)6(8)9/h4-5H,3,7H2,1-2H3,(H,8,9)/t4-,5-/m0/s1/i1D3,3D/t3?,4-,5-. The second-order valence-corrected chi connectivity index (χ2v) is 1.89. The van der Waals surface area contributed by atoms with Gasteiger partial charge in [-0.25, -0.2) is 0 Å². The number of carbonyl (C=O) groups is 1. The normalized spacial score (nSPS) is 28.2. The van der Waals surface area contributed by atoms with Crippen molar-refractivity contribution in [2.75, 3.05) is 0 Å². The van der Waals surface area contributed by atoms with Crippen LogP contribution in [-0.2, 0) is 4.79 Å². The molecule has 0 amide bonds. The van der Waals surface area contributed by atoms with Gasteiger partial charge in [0.2, 0.25) is 0 Å². The first kappa shape index (κ1) is 3.56. The number of carboxylic acids is 1. The molecule has 0 fully saturated rings. The summed E-state index contributed by atoms with van der Waals surface area (Å²) in [6, 6.07) is -1.30. The van der Waals surface area contributed by atoms with Crippen LogP contribution in [-0.4, -0.2) is 17.1 Å². The van der Waals surface area contributed by atoms with Gasteiger partial charge in [0, 0.05) is 5.48 Å². The van der Waals surface area contributed by atoms with E-state index in [1.807, 2.05) is 0 Å². The monoisotopic (exact) mass is 135 g/mol. The molecule has 0 spiro atoms. The molecule has 0 aliphatic heterocycles. The second-order valence-electron chi connectivity index (χ2n) is 1.89. The van der Waals surface area contributed by atoms with E-state index in [0.29, 0.717) is 0 Å². The maximum atomic E-state index is 10.4. The van der Waals surface area contributed by atoms with Crippen molar-refractivity contribution in [3.8, 4) is 0 Å². The van der Waals surface area contributed by atoms with Crippen LogP contribution in [0.2, 0.25) is 0 Å². The average Bonchev–Trinajstić information content (AvgIpc) is 1.98. The molecule has 0 aliphatic rings. The fraction of sp³-hybridized carbons (Fsp3) is 0.833. The van der Waals surface area contributed by atoms with Gasteiger partial charge in [-0.2, -0.15) is 0 Å². The zero-order valence-corrected chi connectivity index (χ0v) is 5.16. The van der Waals surface area contributed by atoms with Crippen molar-refractivity contribution in [3.05, 3.63) is 0 Å². The molecule has 0 saturated carbocycles. The lowest BCUT2D eigenvalue weighted by molar-refractivity contribution is -0.139. The Balaban J connectivity index is 4.42. The third kappa shape index (κ3) is 2.46. The molecule has 3 nitrogen and oxygen atoms in total. The number of aliphatic carboxylic acids is 1. The highest BCUT2D eigenvalue weighted by molar-refractivity contribution is 5.73. The minimum Gasteiger partial charge on any atom is -0.480 e. The minimum absolute atomic E-state index is 0.898. The van der Waals surface area contributed by atoms with Crippen LogP contribution in [0.3, 0.4) is 0 Å². The molecule has 0 bridgehead atoms. The summed E-state index contributed by atoms with van der Waals surface area (Å²) >= 11 is 0. The lowest BCUT2D eigenvalue weighted by atomic mass is 10.0. The Morgan fingerprint density at radius 3 is 3.00 bits per heavy atom. The van der Waals surface area contributed by atoms with Crippen molar-refractivity contribution in [2.45, 2.75) is 26.2 Å². The summed E-state index contributed by atoms with van der Waals surface area (Å²) in [5.41, 5.74) is 5.19. The maximum absolute atomic E-state index is 10.4. The Hall–Kier alpha value is -0.570. The molecule has 54 valence electrons. The van der Waals surface area contributed by atoms with Gasteiger partial charge in [-0.15, -0.1) is 0 Å². The fourth-order valence-electron chi connectivity index (χ4n) is 0.329. The van der Waals surface area contributed by atoms with E-state index in [4.69, 9.17) is 16.3 Å². The van der Waals surface area contributed by atoms with E-state index in [2.05, 4.69) is 0 Å². The SMILES string of the molecule is [2H]C([C@H](C)[C@H](N)C(=O)O)C([2H])([2H])[2H]. The van der Waals surface area contributed by atoms with Crippen LogP contribution in [0.15, 0.2) is 0 Å². The summed E-state index contributed by atoms with van der Waals surface area (Å²) < 4.78 is 27.9. The highest BCUT2D eigenvalue weighted by Crippen LogP contribution is 2.04. The third-order valence-electron chi connectivity index (χ3n) is 1.11. The van der Waals surface area contributed by atoms with Gasteiger partial charge >= 0.3 is 5.97 Å². The molecule has 9 heavy (non-hydrogen) atoms. The van der Waals surface area contributed by atoms with E-state index >= 15 is 0 Å². The van der Waals surface area contributed by atoms with Gasteiger partial charge in [0.15, 0.2) is 0 Å². The molecule has 0 saturated heterocycles. The van der Waals surface area contributed by atoms with Crippen LogP contribution >= 0.6 is 0 Å². The number of hydrogen-bond acceptors (Lipinski definition) is 2. The Bertz CT molecular complexity index is 194. The number of hydrogen-bond donors (Lipinski definition) is 2. The zero-order chi connectivity index (χ0) is 10.8. The summed E-state index contributed by atoms with van der Waals surface area (Å²) in [6.07, 6.45) is -1.46. The Kier molecular flexibility index (Phi) is 1.37. The van der Waals surface area contributed by atoms with Crippen molar-refractivity contribution in [1.82, 2.24) is 0 Å². The average molecular weight is 135 g/mol. The van der Waals surface area contributed by atoms with Gasteiger partial charge in [0.05, 0.1) is 0 Å². The van der Waals surface area contributed by atoms with Gasteiger partial charge in [-0.05, 0) is 5.92 Å².